The van der Waals surface area contributed by atoms with Crippen molar-refractivity contribution in [3.63, 3.8) is 0 Å². The Bertz CT molecular complexity index is 1420. The third-order valence-electron chi connectivity index (χ3n) is 7.79. The maximum absolute atomic E-state index is 14.1. The van der Waals surface area contributed by atoms with Gasteiger partial charge in [0.05, 0.1) is 10.9 Å². The summed E-state index contributed by atoms with van der Waals surface area (Å²) in [5.74, 6) is -0.237. The average molecular weight is 570 g/mol. The molecular formula is C30H36FN3O3S2. The summed E-state index contributed by atoms with van der Waals surface area (Å²) in [6.07, 6.45) is 1.26. The van der Waals surface area contributed by atoms with Gasteiger partial charge in [0.1, 0.15) is 5.82 Å². The van der Waals surface area contributed by atoms with Crippen molar-refractivity contribution in [2.24, 2.45) is 0 Å². The van der Waals surface area contributed by atoms with E-state index in [1.807, 2.05) is 18.2 Å². The fourth-order valence-electron chi connectivity index (χ4n) is 5.53. The van der Waals surface area contributed by atoms with E-state index in [1.165, 1.54) is 20.8 Å². The second-order valence-electron chi connectivity index (χ2n) is 11.4. The SMILES string of the molecule is CC(C)(C)c1ccc(S(=O)(=O)N2CCN(C(=O)CCN3CCc4sccc4[C@H]3c3cccc(F)c3)CC2)cc1. The number of fused-ring (bicyclic) bond motifs is 1. The lowest BCUT2D eigenvalue weighted by atomic mass is 9.87. The van der Waals surface area contributed by atoms with Gasteiger partial charge >= 0.3 is 0 Å². The Morgan fingerprint density at radius 3 is 2.38 bits per heavy atom. The van der Waals surface area contributed by atoms with Crippen molar-refractivity contribution in [1.29, 1.82) is 0 Å². The molecule has 2 aliphatic rings. The lowest BCUT2D eigenvalue weighted by molar-refractivity contribution is -0.132. The van der Waals surface area contributed by atoms with Crippen LogP contribution in [0.3, 0.4) is 0 Å². The van der Waals surface area contributed by atoms with E-state index >= 15 is 0 Å². The Morgan fingerprint density at radius 2 is 1.72 bits per heavy atom. The third kappa shape index (κ3) is 5.96. The van der Waals surface area contributed by atoms with Crippen LogP contribution >= 0.6 is 11.3 Å². The topological polar surface area (TPSA) is 60.9 Å². The molecule has 39 heavy (non-hydrogen) atoms. The van der Waals surface area contributed by atoms with E-state index < -0.39 is 10.0 Å². The minimum absolute atomic E-state index is 0.0238. The molecule has 2 aromatic carbocycles. The molecule has 0 spiro atoms. The number of rotatable bonds is 6. The predicted octanol–water partition coefficient (Wildman–Crippen LogP) is 5.06. The first kappa shape index (κ1) is 28.0. The summed E-state index contributed by atoms with van der Waals surface area (Å²) in [5, 5.41) is 2.08. The van der Waals surface area contributed by atoms with Crippen molar-refractivity contribution >= 4 is 27.3 Å². The molecule has 0 bridgehead atoms. The maximum Gasteiger partial charge on any atom is 0.243 e. The highest BCUT2D eigenvalue weighted by Gasteiger charge is 2.33. The molecule has 2 aliphatic heterocycles. The zero-order chi connectivity index (χ0) is 27.8. The summed E-state index contributed by atoms with van der Waals surface area (Å²) in [5.41, 5.74) is 3.13. The van der Waals surface area contributed by atoms with Crippen LogP contribution in [0.2, 0.25) is 0 Å². The van der Waals surface area contributed by atoms with Crippen LogP contribution in [0.25, 0.3) is 0 Å². The zero-order valence-corrected chi connectivity index (χ0v) is 24.4. The summed E-state index contributed by atoms with van der Waals surface area (Å²) < 4.78 is 42.0. The van der Waals surface area contributed by atoms with Crippen molar-refractivity contribution in [2.45, 2.75) is 50.0 Å². The number of carbonyl (C=O) groups is 1. The molecule has 0 N–H and O–H groups in total. The molecule has 5 rings (SSSR count). The smallest absolute Gasteiger partial charge is 0.243 e. The number of halogens is 1. The highest BCUT2D eigenvalue weighted by molar-refractivity contribution is 7.89. The van der Waals surface area contributed by atoms with Gasteiger partial charge in [-0.25, -0.2) is 12.8 Å². The van der Waals surface area contributed by atoms with Crippen LogP contribution in [0.1, 0.15) is 54.8 Å². The first-order valence-corrected chi connectivity index (χ1v) is 15.8. The molecule has 208 valence electrons. The monoisotopic (exact) mass is 569 g/mol. The number of benzene rings is 2. The molecule has 0 saturated carbocycles. The molecule has 1 atom stereocenters. The fourth-order valence-corrected chi connectivity index (χ4v) is 7.85. The number of piperazine rings is 1. The number of sulfonamides is 1. The van der Waals surface area contributed by atoms with Gasteiger partial charge in [-0.3, -0.25) is 9.69 Å². The van der Waals surface area contributed by atoms with Crippen LogP contribution in [0.15, 0.2) is 64.9 Å². The largest absolute Gasteiger partial charge is 0.340 e. The van der Waals surface area contributed by atoms with E-state index in [0.29, 0.717) is 26.1 Å². The van der Waals surface area contributed by atoms with Crippen LogP contribution in [-0.4, -0.2) is 67.7 Å². The van der Waals surface area contributed by atoms with E-state index in [2.05, 4.69) is 37.1 Å². The van der Waals surface area contributed by atoms with Gasteiger partial charge in [-0.2, -0.15) is 4.31 Å². The van der Waals surface area contributed by atoms with Crippen molar-refractivity contribution in [1.82, 2.24) is 14.1 Å². The first-order chi connectivity index (χ1) is 18.5. The van der Waals surface area contributed by atoms with Crippen LogP contribution in [0.4, 0.5) is 4.39 Å². The number of carbonyl (C=O) groups excluding carboxylic acids is 1. The molecule has 0 radical (unpaired) electrons. The number of hydrogen-bond acceptors (Lipinski definition) is 5. The van der Waals surface area contributed by atoms with Crippen LogP contribution in [-0.2, 0) is 26.7 Å². The Morgan fingerprint density at radius 1 is 1.00 bits per heavy atom. The third-order valence-corrected chi connectivity index (χ3v) is 10.7. The first-order valence-electron chi connectivity index (χ1n) is 13.5. The Labute approximate surface area is 235 Å². The fraction of sp³-hybridized carbons (Fsp3) is 0.433. The minimum Gasteiger partial charge on any atom is -0.340 e. The summed E-state index contributed by atoms with van der Waals surface area (Å²) in [4.78, 5) is 18.8. The highest BCUT2D eigenvalue weighted by atomic mass is 32.2. The summed E-state index contributed by atoms with van der Waals surface area (Å²) >= 11 is 1.73. The van der Waals surface area contributed by atoms with Gasteiger partial charge in [0, 0.05) is 50.6 Å². The molecule has 0 unspecified atom stereocenters. The van der Waals surface area contributed by atoms with E-state index in [0.717, 1.165) is 24.1 Å². The Kier molecular flexibility index (Phi) is 7.97. The second kappa shape index (κ2) is 11.1. The average Bonchev–Trinajstić information content (AvgIpc) is 3.40. The van der Waals surface area contributed by atoms with E-state index in [4.69, 9.17) is 0 Å². The number of thiophene rings is 1. The van der Waals surface area contributed by atoms with Crippen molar-refractivity contribution in [2.75, 3.05) is 39.3 Å². The molecule has 0 aliphatic carbocycles. The number of hydrogen-bond donors (Lipinski definition) is 0. The van der Waals surface area contributed by atoms with Gasteiger partial charge < -0.3 is 4.90 Å². The summed E-state index contributed by atoms with van der Waals surface area (Å²) in [6.45, 7) is 8.97. The molecular weight excluding hydrogens is 533 g/mol. The molecule has 1 saturated heterocycles. The van der Waals surface area contributed by atoms with Gasteiger partial charge in [-0.05, 0) is 64.2 Å². The van der Waals surface area contributed by atoms with E-state index in [1.54, 1.807) is 40.5 Å². The molecule has 1 amide bonds. The Hall–Kier alpha value is -2.59. The summed E-state index contributed by atoms with van der Waals surface area (Å²) in [6, 6.07) is 15.9. The zero-order valence-electron chi connectivity index (χ0n) is 22.8. The molecule has 1 fully saturated rings. The maximum atomic E-state index is 14.1. The lowest BCUT2D eigenvalue weighted by Crippen LogP contribution is -2.51. The lowest BCUT2D eigenvalue weighted by Gasteiger charge is -2.37. The minimum atomic E-state index is -3.61. The van der Waals surface area contributed by atoms with Crippen LogP contribution in [0, 0.1) is 5.82 Å². The van der Waals surface area contributed by atoms with Crippen molar-refractivity contribution < 1.29 is 17.6 Å². The number of amides is 1. The quantitative estimate of drug-likeness (QED) is 0.417. The van der Waals surface area contributed by atoms with Gasteiger partial charge in [0.2, 0.25) is 15.9 Å². The normalized spacial score (nSPS) is 19.2. The van der Waals surface area contributed by atoms with Crippen LogP contribution in [0.5, 0.6) is 0 Å². The predicted molar refractivity (Wildman–Crippen MR) is 153 cm³/mol. The van der Waals surface area contributed by atoms with Crippen LogP contribution < -0.4 is 0 Å². The standard InChI is InChI=1S/C30H36FN3O3S2/c1-30(2,3)23-7-9-25(10-8-23)39(36,37)34-18-16-32(17-19-34)28(35)12-15-33-14-11-27-26(13-20-38-27)29(33)22-5-4-6-24(31)21-22/h4-10,13,20-21,29H,11-12,14-19H2,1-3H3/t29-/m1/s1. The molecule has 3 heterocycles. The van der Waals surface area contributed by atoms with Crippen molar-refractivity contribution in [3.05, 3.63) is 87.4 Å². The molecule has 1 aromatic heterocycles. The van der Waals surface area contributed by atoms with Crippen molar-refractivity contribution in [3.8, 4) is 0 Å². The van der Waals surface area contributed by atoms with E-state index in [9.17, 15) is 17.6 Å². The summed E-state index contributed by atoms with van der Waals surface area (Å²) in [7, 11) is -3.61. The van der Waals surface area contributed by atoms with Gasteiger partial charge in [-0.15, -0.1) is 11.3 Å². The number of nitrogens with zero attached hydrogens (tertiary/aromatic N) is 3. The molecule has 9 heteroatoms. The van der Waals surface area contributed by atoms with E-state index in [-0.39, 0.29) is 41.2 Å². The molecule has 3 aromatic rings. The van der Waals surface area contributed by atoms with Gasteiger partial charge in [-0.1, -0.05) is 45.0 Å². The van der Waals surface area contributed by atoms with Gasteiger partial charge in [0.25, 0.3) is 0 Å². The highest BCUT2D eigenvalue weighted by Crippen LogP contribution is 2.38. The second-order valence-corrected chi connectivity index (χ2v) is 14.3. The molecule has 6 nitrogen and oxygen atoms in total. The Balaban J connectivity index is 1.20. The van der Waals surface area contributed by atoms with Gasteiger partial charge in [0.15, 0.2) is 0 Å².